The summed E-state index contributed by atoms with van der Waals surface area (Å²) in [5.41, 5.74) is 10.6. The van der Waals surface area contributed by atoms with Crippen molar-refractivity contribution in [3.8, 4) is 11.1 Å². The molecule has 494 valence electrons. The van der Waals surface area contributed by atoms with E-state index in [-0.39, 0.29) is 52.3 Å². The largest absolute Gasteiger partial charge is 0.495 e. The number of ether oxygens (including phenoxy) is 4. The molecule has 18 nitrogen and oxygen atoms in total. The third-order valence-electron chi connectivity index (χ3n) is 15.3. The molecule has 4 aliphatic rings. The molecule has 0 aliphatic carbocycles. The lowest BCUT2D eigenvalue weighted by Crippen LogP contribution is -2.41. The fraction of sp³-hybridized carbons (Fsp3) is 0.600. The lowest BCUT2D eigenvalue weighted by Gasteiger charge is -2.32. The first-order chi connectivity index (χ1) is 40.4. The molecule has 0 bridgehead atoms. The van der Waals surface area contributed by atoms with Crippen molar-refractivity contribution in [2.75, 3.05) is 125 Å². The van der Waals surface area contributed by atoms with E-state index in [9.17, 15) is 35.9 Å². The highest BCUT2D eigenvalue weighted by molar-refractivity contribution is 14.1. The Morgan fingerprint density at radius 3 is 1.66 bits per heavy atom. The summed E-state index contributed by atoms with van der Waals surface area (Å²) in [7, 11) is 2.79. The lowest BCUT2D eigenvalue weighted by atomic mass is 9.76. The minimum Gasteiger partial charge on any atom is -0.399 e. The van der Waals surface area contributed by atoms with Gasteiger partial charge in [-0.3, -0.25) is 0 Å². The van der Waals surface area contributed by atoms with Gasteiger partial charge in [-0.15, -0.1) is 0 Å². The van der Waals surface area contributed by atoms with Gasteiger partial charge in [-0.2, -0.15) is 53.3 Å². The van der Waals surface area contributed by atoms with Crippen LogP contribution >= 0.6 is 49.6 Å². The monoisotopic (exact) mass is 1400 g/mol. The average molecular weight is 1400 g/mol. The molecule has 0 unspecified atom stereocenters. The van der Waals surface area contributed by atoms with E-state index in [0.29, 0.717) is 55.5 Å². The number of hydrogen-bond acceptors (Lipinski definition) is 14. The maximum absolute atomic E-state index is 12.6. The van der Waals surface area contributed by atoms with E-state index in [1.807, 2.05) is 99.6 Å². The van der Waals surface area contributed by atoms with E-state index in [2.05, 4.69) is 64.8 Å². The number of methoxy groups -OCH3 is 2. The number of pyridine rings is 2. The number of aromatic nitrogens is 2. The molecular weight excluding hydrogens is 1300 g/mol. The minimum absolute atomic E-state index is 0. The van der Waals surface area contributed by atoms with Crippen LogP contribution in [-0.4, -0.2) is 168 Å². The molecule has 4 saturated heterocycles. The van der Waals surface area contributed by atoms with Crippen LogP contribution in [0.4, 0.5) is 70.6 Å². The van der Waals surface area contributed by atoms with Gasteiger partial charge in [0.2, 0.25) is 0 Å². The Hall–Kier alpha value is -4.69. The van der Waals surface area contributed by atoms with Gasteiger partial charge in [0.15, 0.2) is 0 Å². The van der Waals surface area contributed by atoms with Crippen LogP contribution < -0.4 is 37.4 Å². The number of morpholine rings is 1. The number of aryl methyl sites for hydroxylation is 2. The maximum Gasteiger partial charge on any atom is 0.495 e. The summed E-state index contributed by atoms with van der Waals surface area (Å²) in [6.07, 6.45) is -9.26. The number of nitrogen functional groups attached to an aromatic ring is 1. The van der Waals surface area contributed by atoms with Crippen molar-refractivity contribution in [3.63, 3.8) is 0 Å². The molecule has 6 heterocycles. The molecule has 28 heteroatoms. The highest BCUT2D eigenvalue weighted by Crippen LogP contribution is 2.38. The van der Waals surface area contributed by atoms with Crippen LogP contribution in [0.15, 0.2) is 60.7 Å². The van der Waals surface area contributed by atoms with Crippen LogP contribution in [0.25, 0.3) is 11.1 Å². The summed E-state index contributed by atoms with van der Waals surface area (Å²) in [6.45, 7) is 26.9. The number of carbonyl (C=O) groups is 2. The lowest BCUT2D eigenvalue weighted by molar-refractivity contribution is -0.144. The first-order valence-corrected chi connectivity index (χ1v) is 30.2. The Bertz CT molecular complexity index is 2800. The Balaban J connectivity index is 0.000000337. The molecule has 4 aliphatic heterocycles. The van der Waals surface area contributed by atoms with Crippen LogP contribution in [-0.2, 0) is 28.3 Å². The predicted molar refractivity (Wildman–Crippen MR) is 357 cm³/mol. The molecule has 0 saturated carbocycles. The topological polar surface area (TPSA) is 199 Å². The Morgan fingerprint density at radius 2 is 1.19 bits per heavy atom. The molecule has 0 radical (unpaired) electrons. The molecule has 0 spiro atoms. The highest BCUT2D eigenvalue weighted by Gasteiger charge is 2.52. The number of hydrogen-bond donors (Lipinski definition) is 5. The van der Waals surface area contributed by atoms with Crippen LogP contribution in [0.3, 0.4) is 0 Å². The fourth-order valence-corrected chi connectivity index (χ4v) is 10.1. The molecule has 88 heavy (non-hydrogen) atoms. The zero-order valence-electron chi connectivity index (χ0n) is 52.7. The number of amides is 4. The van der Waals surface area contributed by atoms with E-state index in [0.717, 1.165) is 85.4 Å². The predicted octanol–water partition coefficient (Wildman–Crippen LogP) is 12.2. The van der Waals surface area contributed by atoms with E-state index >= 15 is 0 Å². The van der Waals surface area contributed by atoms with Crippen molar-refractivity contribution in [3.05, 3.63) is 75.4 Å². The number of halogens is 7. The van der Waals surface area contributed by atoms with Crippen LogP contribution in [0.2, 0.25) is 0 Å². The molecule has 8 rings (SSSR count). The van der Waals surface area contributed by atoms with Crippen LogP contribution in [0.1, 0.15) is 92.2 Å². The number of carbonyl (C=O) groups excluding carboxylic acids is 2. The second-order valence-corrected chi connectivity index (χ2v) is 24.1. The van der Waals surface area contributed by atoms with Crippen molar-refractivity contribution in [2.24, 2.45) is 11.8 Å². The first-order valence-electron chi connectivity index (χ1n) is 29.1. The molecule has 2 aromatic heterocycles. The van der Waals surface area contributed by atoms with E-state index in [4.69, 9.17) is 34.0 Å². The van der Waals surface area contributed by atoms with Gasteiger partial charge in [0.05, 0.1) is 36.6 Å². The fourth-order valence-electron chi connectivity index (χ4n) is 9.57. The zero-order chi connectivity index (χ0) is 63.6. The summed E-state index contributed by atoms with van der Waals surface area (Å²) in [5.74, 6) is 1.77. The second-order valence-electron chi connectivity index (χ2n) is 22.8. The summed E-state index contributed by atoms with van der Waals surface area (Å²) in [5, 5.41) is 12.1. The number of nitrogens with two attached hydrogens (primary N) is 1. The molecule has 4 amide bonds. The Kier molecular flexibility index (Phi) is 31.5. The SMILES string of the molecule is CCOCC.CO[C@@H](C)CNc1cc(-c2cc(NC(=O)N3CC[C@@H](CC(F)(F)F)C3)ccc2C)cc(N)n1.CO[C@@H](C)CNc1cc(I)cc(N2CCOCC2)n1.Cc1ccc(NC(=O)N2CC[C@@H](CC(F)(F)F)C2)cc1B1OC(C)(C)C(C)(C)O1.S.S. The summed E-state index contributed by atoms with van der Waals surface area (Å²) >= 11 is 2.32. The molecular formula is C60H92BF6IN10O8S2. The van der Waals surface area contributed by atoms with E-state index < -0.39 is 67.4 Å². The molecule has 6 N–H and O–H groups in total. The summed E-state index contributed by atoms with van der Waals surface area (Å²) in [4.78, 5) is 39.2. The quantitative estimate of drug-likeness (QED) is 0.0380. The van der Waals surface area contributed by atoms with Gasteiger partial charge >= 0.3 is 31.5 Å². The van der Waals surface area contributed by atoms with Crippen molar-refractivity contribution in [1.82, 2.24) is 19.8 Å². The Labute approximate surface area is 543 Å². The average Bonchev–Trinajstić information content (AvgIpc) is 1.81. The number of likely N-dealkylation sites (tertiary alicyclic amines) is 2. The number of alkyl halides is 6. The van der Waals surface area contributed by atoms with Gasteiger partial charge in [-0.05, 0) is 187 Å². The normalized spacial score (nSPS) is 18.4. The van der Waals surface area contributed by atoms with E-state index in [1.165, 1.54) is 13.4 Å². The van der Waals surface area contributed by atoms with E-state index in [1.54, 1.807) is 38.5 Å². The number of rotatable bonds is 17. The second kappa shape index (κ2) is 35.8. The number of anilines is 6. The van der Waals surface area contributed by atoms with Gasteiger partial charge in [-0.25, -0.2) is 19.6 Å². The summed E-state index contributed by atoms with van der Waals surface area (Å²) < 4.78 is 110. The number of benzene rings is 2. The highest BCUT2D eigenvalue weighted by atomic mass is 127. The Morgan fingerprint density at radius 1 is 0.716 bits per heavy atom. The third kappa shape index (κ3) is 25.2. The van der Waals surface area contributed by atoms with Gasteiger partial charge in [0.1, 0.15) is 23.3 Å². The zero-order valence-corrected chi connectivity index (χ0v) is 56.9. The molecule has 4 atom stereocenters. The number of nitrogens with one attached hydrogen (secondary N) is 4. The minimum atomic E-state index is -4.22. The smallest absolute Gasteiger partial charge is 0.399 e. The number of urea groups is 2. The van der Waals surface area contributed by atoms with Crippen LogP contribution in [0.5, 0.6) is 0 Å². The molecule has 4 aromatic rings. The van der Waals surface area contributed by atoms with Crippen molar-refractivity contribution in [2.45, 2.75) is 131 Å². The van der Waals surface area contributed by atoms with Crippen molar-refractivity contribution < 1.29 is 64.2 Å². The number of nitrogens with zero attached hydrogens (tertiary/aromatic N) is 5. The van der Waals surface area contributed by atoms with Gasteiger partial charge in [0.25, 0.3) is 0 Å². The van der Waals surface area contributed by atoms with Gasteiger partial charge in [0, 0.05) is 108 Å². The maximum atomic E-state index is 12.6. The van der Waals surface area contributed by atoms with Gasteiger partial charge < -0.3 is 70.0 Å². The standard InChI is InChI=1S/C23H30F3N5O2.C20H28BF3N2O3.C13H20IN3O2.C4H10O.2H2S/c1-14-4-5-18(29-22(32)31-7-6-16(13-31)11-23(24,25)26)10-19(14)17-8-20(27)30-21(9-17)28-12-15(2)33-3;1-13-6-7-15(10-16(13)21-28-18(2,3)19(4,5)29-21)25-17(27)26-9-8-14(12-26)11-20(22,23)24;1-10(18-2)9-15-12-7-11(14)8-13(16-12)17-3-5-19-6-4-17;1-3-5-4-2;;/h4-5,8-10,15-16H,6-7,11-13H2,1-3H3,(H,29,32)(H3,27,28,30);6-7,10,14H,8-9,11-12H2,1-5H3,(H,25,27);7-8,10H,3-6,9H2,1-2H3,(H,15,16);3-4H2,1-2H3;2*1H2/t15-,16-;14-;10-;;;/m000.../s1. The summed E-state index contributed by atoms with van der Waals surface area (Å²) in [6, 6.07) is 17.9. The van der Waals surface area contributed by atoms with Crippen molar-refractivity contribution in [1.29, 1.82) is 0 Å². The first kappa shape index (κ1) is 77.6. The third-order valence-corrected chi connectivity index (χ3v) is 16.0. The molecule has 2 aromatic carbocycles. The van der Waals surface area contributed by atoms with Crippen LogP contribution in [0, 0.1) is 29.3 Å². The molecule has 4 fully saturated rings. The van der Waals surface area contributed by atoms with Crippen molar-refractivity contribution >= 4 is 109 Å². The van der Waals surface area contributed by atoms with Gasteiger partial charge in [-0.1, -0.05) is 17.7 Å².